The fraction of sp³-hybridized carbons (Fsp3) is 0.636. The number of hydrogen-bond donors (Lipinski definition) is 1. The van der Waals surface area contributed by atoms with Crippen LogP contribution in [0.15, 0.2) is 6.20 Å². The molecular formula is C11H17N3S. The number of aromatic nitrogens is 1. The van der Waals surface area contributed by atoms with Crippen molar-refractivity contribution in [1.82, 2.24) is 10.3 Å². The zero-order valence-corrected chi connectivity index (χ0v) is 10.5. The van der Waals surface area contributed by atoms with E-state index >= 15 is 0 Å². The molecule has 0 unspecified atom stereocenters. The SMILES string of the molecule is CC(C)NCc1cnc(C(C)(C)C#N)s1. The van der Waals surface area contributed by atoms with Gasteiger partial charge in [0.15, 0.2) is 0 Å². The molecule has 1 rings (SSSR count). The number of nitriles is 1. The number of nitrogens with zero attached hydrogens (tertiary/aromatic N) is 2. The molecule has 0 aliphatic carbocycles. The quantitative estimate of drug-likeness (QED) is 0.853. The molecule has 1 heterocycles. The Morgan fingerprint density at radius 2 is 2.27 bits per heavy atom. The second-order valence-electron chi connectivity index (χ2n) is 4.40. The average molecular weight is 223 g/mol. The first-order valence-electron chi connectivity index (χ1n) is 5.05. The number of thiazole rings is 1. The second kappa shape index (κ2) is 4.73. The minimum Gasteiger partial charge on any atom is -0.310 e. The number of hydrogen-bond acceptors (Lipinski definition) is 4. The monoisotopic (exact) mass is 223 g/mol. The van der Waals surface area contributed by atoms with Crippen molar-refractivity contribution in [1.29, 1.82) is 5.26 Å². The van der Waals surface area contributed by atoms with Crippen LogP contribution in [0.3, 0.4) is 0 Å². The van der Waals surface area contributed by atoms with Crippen LogP contribution >= 0.6 is 11.3 Å². The van der Waals surface area contributed by atoms with E-state index in [1.54, 1.807) is 11.3 Å². The van der Waals surface area contributed by atoms with Gasteiger partial charge in [0, 0.05) is 23.7 Å². The van der Waals surface area contributed by atoms with Crippen LogP contribution in [0.5, 0.6) is 0 Å². The summed E-state index contributed by atoms with van der Waals surface area (Å²) < 4.78 is 0. The Morgan fingerprint density at radius 1 is 1.60 bits per heavy atom. The van der Waals surface area contributed by atoms with E-state index < -0.39 is 5.41 Å². The maximum atomic E-state index is 8.98. The van der Waals surface area contributed by atoms with Gasteiger partial charge in [-0.1, -0.05) is 13.8 Å². The molecule has 0 aliphatic rings. The maximum Gasteiger partial charge on any atom is 0.113 e. The van der Waals surface area contributed by atoms with Crippen LogP contribution in [0.4, 0.5) is 0 Å². The van der Waals surface area contributed by atoms with Crippen LogP contribution in [-0.4, -0.2) is 11.0 Å². The summed E-state index contributed by atoms with van der Waals surface area (Å²) in [5.41, 5.74) is -0.471. The van der Waals surface area contributed by atoms with Crippen molar-refractivity contribution in [2.75, 3.05) is 0 Å². The smallest absolute Gasteiger partial charge is 0.113 e. The van der Waals surface area contributed by atoms with Crippen molar-refractivity contribution in [3.8, 4) is 6.07 Å². The molecule has 0 fully saturated rings. The summed E-state index contributed by atoms with van der Waals surface area (Å²) in [6.07, 6.45) is 1.86. The normalized spacial score (nSPS) is 11.7. The summed E-state index contributed by atoms with van der Waals surface area (Å²) in [7, 11) is 0. The van der Waals surface area contributed by atoms with Gasteiger partial charge < -0.3 is 5.32 Å². The molecule has 0 bridgehead atoms. The predicted octanol–water partition coefficient (Wildman–Crippen LogP) is 2.44. The van der Waals surface area contributed by atoms with Gasteiger partial charge in [0.05, 0.1) is 6.07 Å². The van der Waals surface area contributed by atoms with E-state index in [0.29, 0.717) is 6.04 Å². The third-order valence-corrected chi connectivity index (χ3v) is 3.37. The number of nitrogens with one attached hydrogen (secondary N) is 1. The zero-order valence-electron chi connectivity index (χ0n) is 9.66. The molecule has 0 spiro atoms. The maximum absolute atomic E-state index is 8.98. The molecule has 3 nitrogen and oxygen atoms in total. The van der Waals surface area contributed by atoms with Gasteiger partial charge in [-0.15, -0.1) is 11.3 Å². The first-order chi connectivity index (χ1) is 6.95. The summed E-state index contributed by atoms with van der Waals surface area (Å²) in [5.74, 6) is 0. The Labute approximate surface area is 95.2 Å². The highest BCUT2D eigenvalue weighted by atomic mass is 32.1. The molecule has 0 saturated carbocycles. The first-order valence-corrected chi connectivity index (χ1v) is 5.87. The first kappa shape index (κ1) is 12.2. The standard InChI is InChI=1S/C11H17N3S/c1-8(2)13-5-9-6-14-10(15-9)11(3,4)7-12/h6,8,13H,5H2,1-4H3. The van der Waals surface area contributed by atoms with Gasteiger partial charge in [-0.3, -0.25) is 0 Å². The lowest BCUT2D eigenvalue weighted by Gasteiger charge is -2.10. The van der Waals surface area contributed by atoms with E-state index in [2.05, 4.69) is 30.2 Å². The highest BCUT2D eigenvalue weighted by molar-refractivity contribution is 7.11. The third kappa shape index (κ3) is 3.29. The van der Waals surface area contributed by atoms with E-state index in [0.717, 1.165) is 11.6 Å². The molecule has 82 valence electrons. The Hall–Kier alpha value is -0.920. The molecule has 1 N–H and O–H groups in total. The van der Waals surface area contributed by atoms with E-state index in [1.165, 1.54) is 4.88 Å². The summed E-state index contributed by atoms with van der Waals surface area (Å²) in [6.45, 7) is 8.84. The molecule has 0 aromatic carbocycles. The molecule has 1 aromatic heterocycles. The van der Waals surface area contributed by atoms with E-state index in [-0.39, 0.29) is 0 Å². The largest absolute Gasteiger partial charge is 0.310 e. The van der Waals surface area contributed by atoms with Crippen molar-refractivity contribution >= 4 is 11.3 Å². The topological polar surface area (TPSA) is 48.7 Å². The molecule has 15 heavy (non-hydrogen) atoms. The fourth-order valence-corrected chi connectivity index (χ4v) is 1.95. The second-order valence-corrected chi connectivity index (χ2v) is 5.52. The Kier molecular flexibility index (Phi) is 3.83. The molecule has 0 atom stereocenters. The zero-order chi connectivity index (χ0) is 11.5. The van der Waals surface area contributed by atoms with Crippen molar-refractivity contribution < 1.29 is 0 Å². The van der Waals surface area contributed by atoms with Crippen LogP contribution in [0, 0.1) is 11.3 Å². The average Bonchev–Trinajstić information content (AvgIpc) is 2.63. The van der Waals surface area contributed by atoms with Gasteiger partial charge >= 0.3 is 0 Å². The van der Waals surface area contributed by atoms with Crippen LogP contribution in [0.2, 0.25) is 0 Å². The summed E-state index contributed by atoms with van der Waals surface area (Å²) in [5, 5.41) is 13.2. The van der Waals surface area contributed by atoms with Crippen LogP contribution in [0.1, 0.15) is 37.6 Å². The highest BCUT2D eigenvalue weighted by Crippen LogP contribution is 2.26. The van der Waals surface area contributed by atoms with E-state index in [9.17, 15) is 0 Å². The highest BCUT2D eigenvalue weighted by Gasteiger charge is 2.23. The van der Waals surface area contributed by atoms with Crippen molar-refractivity contribution in [3.63, 3.8) is 0 Å². The fourth-order valence-electron chi connectivity index (χ4n) is 1.03. The molecule has 0 aliphatic heterocycles. The van der Waals surface area contributed by atoms with Gasteiger partial charge in [-0.25, -0.2) is 4.98 Å². The minimum atomic E-state index is -0.471. The van der Waals surface area contributed by atoms with Gasteiger partial charge in [0.2, 0.25) is 0 Å². The summed E-state index contributed by atoms with van der Waals surface area (Å²) in [6, 6.07) is 2.74. The number of rotatable bonds is 4. The third-order valence-electron chi connectivity index (χ3n) is 2.05. The van der Waals surface area contributed by atoms with Crippen molar-refractivity contribution in [3.05, 3.63) is 16.1 Å². The Bertz CT molecular complexity index is 360. The molecule has 0 radical (unpaired) electrons. The molecular weight excluding hydrogens is 206 g/mol. The van der Waals surface area contributed by atoms with Gasteiger partial charge in [-0.2, -0.15) is 5.26 Å². The molecule has 0 amide bonds. The van der Waals surface area contributed by atoms with Gasteiger partial charge in [0.25, 0.3) is 0 Å². The molecule has 4 heteroatoms. The van der Waals surface area contributed by atoms with Crippen LogP contribution < -0.4 is 5.32 Å². The molecule has 1 aromatic rings. The van der Waals surface area contributed by atoms with Gasteiger partial charge in [-0.05, 0) is 13.8 Å². The summed E-state index contributed by atoms with van der Waals surface area (Å²) >= 11 is 1.61. The molecule has 0 saturated heterocycles. The Morgan fingerprint density at radius 3 is 2.80 bits per heavy atom. The minimum absolute atomic E-state index is 0.471. The lowest BCUT2D eigenvalue weighted by atomic mass is 9.97. The van der Waals surface area contributed by atoms with E-state index in [1.807, 2.05) is 20.0 Å². The Balaban J connectivity index is 2.69. The van der Waals surface area contributed by atoms with Crippen molar-refractivity contribution in [2.45, 2.75) is 45.7 Å². The van der Waals surface area contributed by atoms with Crippen LogP contribution in [0.25, 0.3) is 0 Å². The van der Waals surface area contributed by atoms with Gasteiger partial charge in [0.1, 0.15) is 10.4 Å². The van der Waals surface area contributed by atoms with Crippen LogP contribution in [-0.2, 0) is 12.0 Å². The summed E-state index contributed by atoms with van der Waals surface area (Å²) in [4.78, 5) is 5.48. The predicted molar refractivity (Wildman–Crippen MR) is 62.7 cm³/mol. The lowest BCUT2D eigenvalue weighted by molar-refractivity contribution is 0.593. The lowest BCUT2D eigenvalue weighted by Crippen LogP contribution is -2.21. The van der Waals surface area contributed by atoms with Crippen molar-refractivity contribution in [2.24, 2.45) is 0 Å². The van der Waals surface area contributed by atoms with E-state index in [4.69, 9.17) is 5.26 Å².